The largest absolute Gasteiger partial charge is 0.415 e. The van der Waals surface area contributed by atoms with Crippen molar-refractivity contribution < 1.29 is 18.3 Å². The molecule has 0 aromatic heterocycles. The van der Waals surface area contributed by atoms with Gasteiger partial charge in [0.25, 0.3) is 0 Å². The van der Waals surface area contributed by atoms with Crippen LogP contribution < -0.4 is 5.32 Å². The summed E-state index contributed by atoms with van der Waals surface area (Å²) in [7, 11) is 0. The topological polar surface area (TPSA) is 32.3 Å². The molecule has 0 aliphatic rings. The lowest BCUT2D eigenvalue weighted by Gasteiger charge is -2.15. The van der Waals surface area contributed by atoms with Gasteiger partial charge in [0.1, 0.15) is 0 Å². The molecule has 1 aromatic rings. The van der Waals surface area contributed by atoms with Gasteiger partial charge in [-0.2, -0.15) is 13.2 Å². The molecular formula is C10H11ClF3NO. The monoisotopic (exact) mass is 253 g/mol. The van der Waals surface area contributed by atoms with Crippen LogP contribution in [0.1, 0.15) is 5.56 Å². The minimum atomic E-state index is -4.58. The van der Waals surface area contributed by atoms with E-state index in [4.69, 9.17) is 16.7 Å². The molecule has 1 unspecified atom stereocenters. The molecule has 0 aliphatic heterocycles. The van der Waals surface area contributed by atoms with Gasteiger partial charge in [0.15, 0.2) is 6.10 Å². The zero-order valence-corrected chi connectivity index (χ0v) is 9.02. The molecule has 0 saturated carbocycles. The first-order valence-electron chi connectivity index (χ1n) is 4.59. The molecule has 2 N–H and O–H groups in total. The van der Waals surface area contributed by atoms with Crippen LogP contribution in [0.2, 0.25) is 5.02 Å². The van der Waals surface area contributed by atoms with E-state index in [9.17, 15) is 13.2 Å². The van der Waals surface area contributed by atoms with E-state index in [2.05, 4.69) is 5.32 Å². The van der Waals surface area contributed by atoms with Gasteiger partial charge in [-0.25, -0.2) is 0 Å². The van der Waals surface area contributed by atoms with Crippen molar-refractivity contribution in [2.45, 2.75) is 18.8 Å². The van der Waals surface area contributed by atoms with Crippen molar-refractivity contribution in [3.8, 4) is 0 Å². The molecular weight excluding hydrogens is 243 g/mol. The summed E-state index contributed by atoms with van der Waals surface area (Å²) in [6, 6.07) is 6.77. The van der Waals surface area contributed by atoms with Crippen molar-refractivity contribution in [1.82, 2.24) is 5.32 Å². The van der Waals surface area contributed by atoms with Gasteiger partial charge in [0, 0.05) is 18.1 Å². The van der Waals surface area contributed by atoms with E-state index in [-0.39, 0.29) is 6.54 Å². The van der Waals surface area contributed by atoms with Crippen LogP contribution in [0.4, 0.5) is 13.2 Å². The third kappa shape index (κ3) is 4.38. The fourth-order valence-electron chi connectivity index (χ4n) is 1.12. The summed E-state index contributed by atoms with van der Waals surface area (Å²) in [6.45, 7) is -0.302. The summed E-state index contributed by atoms with van der Waals surface area (Å²) in [4.78, 5) is 0. The molecule has 2 nitrogen and oxygen atoms in total. The average molecular weight is 254 g/mol. The normalized spacial score (nSPS) is 13.8. The maximum Gasteiger partial charge on any atom is 0.415 e. The van der Waals surface area contributed by atoms with Crippen LogP contribution in [-0.2, 0) is 6.54 Å². The van der Waals surface area contributed by atoms with Crippen molar-refractivity contribution in [3.05, 3.63) is 34.9 Å². The van der Waals surface area contributed by atoms with Gasteiger partial charge < -0.3 is 10.4 Å². The SMILES string of the molecule is OC(CNCc1cccc(Cl)c1)C(F)(F)F. The van der Waals surface area contributed by atoms with Gasteiger partial charge in [-0.05, 0) is 17.7 Å². The van der Waals surface area contributed by atoms with Gasteiger partial charge in [-0.15, -0.1) is 0 Å². The number of rotatable bonds is 4. The molecule has 1 atom stereocenters. The second-order valence-corrected chi connectivity index (χ2v) is 3.75. The van der Waals surface area contributed by atoms with E-state index < -0.39 is 18.8 Å². The Bertz CT molecular complexity index is 343. The third-order valence-corrected chi connectivity index (χ3v) is 2.17. The van der Waals surface area contributed by atoms with Crippen LogP contribution in [0.3, 0.4) is 0 Å². The Morgan fingerprint density at radius 3 is 2.62 bits per heavy atom. The summed E-state index contributed by atoms with van der Waals surface area (Å²) < 4.78 is 35.8. The predicted molar refractivity (Wildman–Crippen MR) is 55.2 cm³/mol. The molecule has 0 heterocycles. The van der Waals surface area contributed by atoms with Crippen LogP contribution in [0, 0.1) is 0 Å². The Morgan fingerprint density at radius 2 is 2.06 bits per heavy atom. The van der Waals surface area contributed by atoms with E-state index >= 15 is 0 Å². The van der Waals surface area contributed by atoms with Gasteiger partial charge in [0.2, 0.25) is 0 Å². The molecule has 0 aliphatic carbocycles. The van der Waals surface area contributed by atoms with Crippen LogP contribution in [-0.4, -0.2) is 23.9 Å². The van der Waals surface area contributed by atoms with Crippen molar-refractivity contribution in [3.63, 3.8) is 0 Å². The highest BCUT2D eigenvalue weighted by Crippen LogP contribution is 2.19. The lowest BCUT2D eigenvalue weighted by molar-refractivity contribution is -0.201. The number of aliphatic hydroxyl groups excluding tert-OH is 1. The first-order chi connectivity index (χ1) is 7.39. The molecule has 0 spiro atoms. The van der Waals surface area contributed by atoms with Crippen molar-refractivity contribution in [2.75, 3.05) is 6.54 Å². The molecule has 6 heteroatoms. The zero-order valence-electron chi connectivity index (χ0n) is 8.26. The second-order valence-electron chi connectivity index (χ2n) is 3.32. The average Bonchev–Trinajstić information content (AvgIpc) is 2.16. The summed E-state index contributed by atoms with van der Waals surface area (Å²) in [6.07, 6.45) is -6.92. The highest BCUT2D eigenvalue weighted by Gasteiger charge is 2.37. The number of nitrogens with one attached hydrogen (secondary N) is 1. The van der Waals surface area contributed by atoms with E-state index in [0.717, 1.165) is 5.56 Å². The van der Waals surface area contributed by atoms with Crippen LogP contribution >= 0.6 is 11.6 Å². The fourth-order valence-corrected chi connectivity index (χ4v) is 1.33. The minimum absolute atomic E-state index is 0.230. The Balaban J connectivity index is 2.36. The quantitative estimate of drug-likeness (QED) is 0.863. The summed E-state index contributed by atoms with van der Waals surface area (Å²) in [5.74, 6) is 0. The van der Waals surface area contributed by atoms with Crippen LogP contribution in [0.25, 0.3) is 0 Å². The number of halogens is 4. The molecule has 0 fully saturated rings. The predicted octanol–water partition coefficient (Wildman–Crippen LogP) is 2.35. The molecule has 90 valence electrons. The molecule has 1 rings (SSSR count). The zero-order chi connectivity index (χ0) is 12.2. The van der Waals surface area contributed by atoms with E-state index in [1.165, 1.54) is 0 Å². The number of hydrogen-bond donors (Lipinski definition) is 2. The Hall–Kier alpha value is -0.780. The summed E-state index contributed by atoms with van der Waals surface area (Å²) >= 11 is 5.70. The standard InChI is InChI=1S/C10H11ClF3NO/c11-8-3-1-2-7(4-8)5-15-6-9(16)10(12,13)14/h1-4,9,15-16H,5-6H2. The van der Waals surface area contributed by atoms with Crippen molar-refractivity contribution in [1.29, 1.82) is 0 Å². The molecule has 1 aromatic carbocycles. The van der Waals surface area contributed by atoms with Crippen molar-refractivity contribution >= 4 is 11.6 Å². The highest BCUT2D eigenvalue weighted by molar-refractivity contribution is 6.30. The number of benzene rings is 1. The summed E-state index contributed by atoms with van der Waals surface area (Å²) in [5, 5.41) is 11.7. The van der Waals surface area contributed by atoms with Gasteiger partial charge >= 0.3 is 6.18 Å². The molecule has 16 heavy (non-hydrogen) atoms. The lowest BCUT2D eigenvalue weighted by atomic mass is 10.2. The maximum absolute atomic E-state index is 11.9. The molecule has 0 saturated heterocycles. The van der Waals surface area contributed by atoms with E-state index in [1.807, 2.05) is 0 Å². The number of alkyl halides is 3. The van der Waals surface area contributed by atoms with Gasteiger partial charge in [-0.1, -0.05) is 23.7 Å². The first-order valence-corrected chi connectivity index (χ1v) is 4.97. The lowest BCUT2D eigenvalue weighted by Crippen LogP contribution is -2.38. The van der Waals surface area contributed by atoms with Gasteiger partial charge in [0.05, 0.1) is 0 Å². The summed E-state index contributed by atoms with van der Waals surface area (Å²) in [5.41, 5.74) is 0.766. The molecule has 0 bridgehead atoms. The number of aliphatic hydroxyl groups is 1. The Morgan fingerprint density at radius 1 is 1.38 bits per heavy atom. The minimum Gasteiger partial charge on any atom is -0.382 e. The second kappa shape index (κ2) is 5.52. The van der Waals surface area contributed by atoms with Crippen LogP contribution in [0.15, 0.2) is 24.3 Å². The van der Waals surface area contributed by atoms with E-state index in [0.29, 0.717) is 5.02 Å². The third-order valence-electron chi connectivity index (χ3n) is 1.93. The van der Waals surface area contributed by atoms with Crippen LogP contribution in [0.5, 0.6) is 0 Å². The molecule has 0 amide bonds. The number of hydrogen-bond acceptors (Lipinski definition) is 2. The van der Waals surface area contributed by atoms with Gasteiger partial charge in [-0.3, -0.25) is 0 Å². The van der Waals surface area contributed by atoms with E-state index in [1.54, 1.807) is 24.3 Å². The highest BCUT2D eigenvalue weighted by atomic mass is 35.5. The Kier molecular flexibility index (Phi) is 4.58. The first kappa shape index (κ1) is 13.3. The Labute approximate surface area is 96.0 Å². The van der Waals surface area contributed by atoms with Crippen molar-refractivity contribution in [2.24, 2.45) is 0 Å². The molecule has 0 radical (unpaired) electrons. The smallest absolute Gasteiger partial charge is 0.382 e. The maximum atomic E-state index is 11.9. The fraction of sp³-hybridized carbons (Fsp3) is 0.400.